The summed E-state index contributed by atoms with van der Waals surface area (Å²) in [6, 6.07) is 65.9. The molecule has 5 nitrogen and oxygen atoms in total. The molecule has 0 aliphatic heterocycles. The largest absolute Gasteiger partial charge is 0.309 e. The standard InChI is InChI=1S/C50H29N5/c51-30-32-23-26-47-42(27-32)39-15-3-5-17-43(39)53(47)35-12-9-11-33(28-35)41-29-36(25-24-34(41)31-52)54-46-20-8-4-16-40(46)50-48(54)21-10-22-49(50)55-44-18-6-1-13-37(44)38-14-2-7-19-45(38)55/h1-29H. The van der Waals surface area contributed by atoms with Gasteiger partial charge in [-0.3, -0.25) is 0 Å². The van der Waals surface area contributed by atoms with Crippen molar-refractivity contribution in [1.82, 2.24) is 13.7 Å². The van der Waals surface area contributed by atoms with E-state index in [4.69, 9.17) is 0 Å². The molecule has 0 saturated heterocycles. The Morgan fingerprint density at radius 3 is 1.60 bits per heavy atom. The Morgan fingerprint density at radius 2 is 0.909 bits per heavy atom. The molecular formula is C50H29N5. The molecular weight excluding hydrogens is 671 g/mol. The summed E-state index contributed by atoms with van der Waals surface area (Å²) in [5.74, 6) is 0. The third-order valence-electron chi connectivity index (χ3n) is 11.1. The Kier molecular flexibility index (Phi) is 6.61. The average Bonchev–Trinajstić information content (AvgIpc) is 3.89. The van der Waals surface area contributed by atoms with Gasteiger partial charge in [0.15, 0.2) is 0 Å². The number of rotatable bonds is 4. The molecule has 11 aromatic rings. The summed E-state index contributed by atoms with van der Waals surface area (Å²) in [7, 11) is 0. The van der Waals surface area contributed by atoms with Gasteiger partial charge >= 0.3 is 0 Å². The zero-order chi connectivity index (χ0) is 36.6. The van der Waals surface area contributed by atoms with E-state index in [0.29, 0.717) is 11.1 Å². The lowest BCUT2D eigenvalue weighted by atomic mass is 9.99. The second-order valence-electron chi connectivity index (χ2n) is 14.0. The van der Waals surface area contributed by atoms with E-state index in [0.717, 1.165) is 66.4 Å². The SMILES string of the molecule is N#Cc1ccc2c(c1)c1ccccc1n2-c1cccc(-c2cc(-n3c4ccccc4c4c(-n5c6ccccc6c6ccccc65)cccc43)ccc2C#N)c1. The van der Waals surface area contributed by atoms with E-state index in [1.54, 1.807) is 0 Å². The highest BCUT2D eigenvalue weighted by Gasteiger charge is 2.20. The monoisotopic (exact) mass is 699 g/mol. The van der Waals surface area contributed by atoms with Crippen LogP contribution in [0.2, 0.25) is 0 Å². The number of benzene rings is 8. The van der Waals surface area contributed by atoms with Crippen LogP contribution in [-0.2, 0) is 0 Å². The normalized spacial score (nSPS) is 11.6. The number of fused-ring (bicyclic) bond motifs is 9. The molecule has 0 amide bonds. The van der Waals surface area contributed by atoms with E-state index in [-0.39, 0.29) is 0 Å². The molecule has 0 atom stereocenters. The van der Waals surface area contributed by atoms with Crippen LogP contribution in [0.1, 0.15) is 11.1 Å². The summed E-state index contributed by atoms with van der Waals surface area (Å²) in [5, 5.41) is 27.0. The molecule has 0 aliphatic rings. The molecule has 0 aliphatic carbocycles. The van der Waals surface area contributed by atoms with E-state index in [2.05, 4.69) is 165 Å². The highest BCUT2D eigenvalue weighted by Crippen LogP contribution is 2.41. The molecule has 0 radical (unpaired) electrons. The molecule has 5 heteroatoms. The number of para-hydroxylation sites is 4. The highest BCUT2D eigenvalue weighted by molar-refractivity contribution is 6.16. The summed E-state index contributed by atoms with van der Waals surface area (Å²) >= 11 is 0. The molecule has 55 heavy (non-hydrogen) atoms. The second-order valence-corrected chi connectivity index (χ2v) is 14.0. The van der Waals surface area contributed by atoms with Crippen molar-refractivity contribution in [1.29, 1.82) is 10.5 Å². The Hall–Kier alpha value is -7.86. The van der Waals surface area contributed by atoms with E-state index in [1.807, 2.05) is 36.4 Å². The first-order chi connectivity index (χ1) is 27.2. The van der Waals surface area contributed by atoms with Crippen molar-refractivity contribution < 1.29 is 0 Å². The van der Waals surface area contributed by atoms with Crippen LogP contribution >= 0.6 is 0 Å². The summed E-state index contributed by atoms with van der Waals surface area (Å²) < 4.78 is 6.97. The summed E-state index contributed by atoms with van der Waals surface area (Å²) in [4.78, 5) is 0. The van der Waals surface area contributed by atoms with Gasteiger partial charge in [0.2, 0.25) is 0 Å². The fourth-order valence-electron chi connectivity index (χ4n) is 8.79. The van der Waals surface area contributed by atoms with E-state index in [9.17, 15) is 10.5 Å². The van der Waals surface area contributed by atoms with E-state index in [1.165, 1.54) is 27.2 Å². The molecule has 8 aromatic carbocycles. The smallest absolute Gasteiger partial charge is 0.0998 e. The Labute approximate surface area is 316 Å². The zero-order valence-electron chi connectivity index (χ0n) is 29.5. The van der Waals surface area contributed by atoms with Gasteiger partial charge in [0.05, 0.1) is 62.1 Å². The molecule has 3 heterocycles. The predicted octanol–water partition coefficient (Wildman–Crippen LogP) is 12.4. The first-order valence-electron chi connectivity index (χ1n) is 18.3. The molecule has 0 unspecified atom stereocenters. The Bertz CT molecular complexity index is 3420. The summed E-state index contributed by atoms with van der Waals surface area (Å²) in [6.45, 7) is 0. The van der Waals surface area contributed by atoms with Crippen molar-refractivity contribution in [3.05, 3.63) is 187 Å². The Balaban J connectivity index is 1.13. The lowest BCUT2D eigenvalue weighted by Crippen LogP contribution is -1.98. The summed E-state index contributed by atoms with van der Waals surface area (Å²) in [6.07, 6.45) is 0. The van der Waals surface area contributed by atoms with Crippen molar-refractivity contribution in [3.8, 4) is 40.3 Å². The first kappa shape index (κ1) is 30.7. The maximum atomic E-state index is 10.5. The predicted molar refractivity (Wildman–Crippen MR) is 224 cm³/mol. The van der Waals surface area contributed by atoms with Crippen molar-refractivity contribution >= 4 is 65.4 Å². The zero-order valence-corrected chi connectivity index (χ0v) is 29.5. The summed E-state index contributed by atoms with van der Waals surface area (Å²) in [5.41, 5.74) is 12.7. The van der Waals surface area contributed by atoms with Gasteiger partial charge in [-0.1, -0.05) is 91.0 Å². The van der Waals surface area contributed by atoms with Gasteiger partial charge in [0.1, 0.15) is 0 Å². The lowest BCUT2D eigenvalue weighted by molar-refractivity contribution is 1.17. The van der Waals surface area contributed by atoms with Crippen LogP contribution in [-0.4, -0.2) is 13.7 Å². The fourth-order valence-corrected chi connectivity index (χ4v) is 8.79. The fraction of sp³-hybridized carbons (Fsp3) is 0. The van der Waals surface area contributed by atoms with Gasteiger partial charge < -0.3 is 13.7 Å². The highest BCUT2D eigenvalue weighted by atomic mass is 15.0. The molecule has 0 fully saturated rings. The third kappa shape index (κ3) is 4.45. The van der Waals surface area contributed by atoms with Crippen LogP contribution in [0.25, 0.3) is 93.6 Å². The van der Waals surface area contributed by atoms with Gasteiger partial charge in [-0.2, -0.15) is 10.5 Å². The van der Waals surface area contributed by atoms with Crippen LogP contribution < -0.4 is 0 Å². The van der Waals surface area contributed by atoms with Crippen molar-refractivity contribution in [2.24, 2.45) is 0 Å². The van der Waals surface area contributed by atoms with E-state index >= 15 is 0 Å². The van der Waals surface area contributed by atoms with Gasteiger partial charge in [-0.25, -0.2) is 0 Å². The van der Waals surface area contributed by atoms with Gasteiger partial charge in [0.25, 0.3) is 0 Å². The van der Waals surface area contributed by atoms with Crippen LogP contribution in [0.15, 0.2) is 176 Å². The molecule has 3 aromatic heterocycles. The van der Waals surface area contributed by atoms with Gasteiger partial charge in [-0.05, 0) is 90.5 Å². The first-order valence-corrected chi connectivity index (χ1v) is 18.3. The number of nitriles is 2. The minimum atomic E-state index is 0.605. The minimum absolute atomic E-state index is 0.605. The van der Waals surface area contributed by atoms with Crippen molar-refractivity contribution in [3.63, 3.8) is 0 Å². The molecule has 0 saturated carbocycles. The maximum absolute atomic E-state index is 10.5. The van der Waals surface area contributed by atoms with Crippen LogP contribution in [0.5, 0.6) is 0 Å². The molecule has 0 N–H and O–H groups in total. The minimum Gasteiger partial charge on any atom is -0.309 e. The number of hydrogen-bond acceptors (Lipinski definition) is 2. The molecule has 0 spiro atoms. The number of nitrogens with zero attached hydrogens (tertiary/aromatic N) is 5. The topological polar surface area (TPSA) is 62.4 Å². The van der Waals surface area contributed by atoms with Crippen LogP contribution in [0, 0.1) is 22.7 Å². The lowest BCUT2D eigenvalue weighted by Gasteiger charge is -2.14. The van der Waals surface area contributed by atoms with Crippen LogP contribution in [0.4, 0.5) is 0 Å². The maximum Gasteiger partial charge on any atom is 0.0998 e. The molecule has 0 bridgehead atoms. The Morgan fingerprint density at radius 1 is 0.364 bits per heavy atom. The van der Waals surface area contributed by atoms with Gasteiger partial charge in [0, 0.05) is 49.3 Å². The van der Waals surface area contributed by atoms with Crippen molar-refractivity contribution in [2.45, 2.75) is 0 Å². The van der Waals surface area contributed by atoms with Crippen LogP contribution in [0.3, 0.4) is 0 Å². The molecule has 11 rings (SSSR count). The third-order valence-corrected chi connectivity index (χ3v) is 11.1. The average molecular weight is 700 g/mol. The second kappa shape index (κ2) is 11.8. The number of aromatic nitrogens is 3. The van der Waals surface area contributed by atoms with Gasteiger partial charge in [-0.15, -0.1) is 0 Å². The van der Waals surface area contributed by atoms with E-state index < -0.39 is 0 Å². The quantitative estimate of drug-likeness (QED) is 0.184. The molecule has 254 valence electrons. The number of hydrogen-bond donors (Lipinski definition) is 0. The van der Waals surface area contributed by atoms with Crippen molar-refractivity contribution in [2.75, 3.05) is 0 Å².